The first-order valence-corrected chi connectivity index (χ1v) is 5.19. The zero-order valence-electron chi connectivity index (χ0n) is 11.6. The average Bonchev–Trinajstić information content (AvgIpc) is 2.21. The van der Waals surface area contributed by atoms with Crippen LogP contribution in [0, 0.1) is 0 Å². The van der Waals surface area contributed by atoms with Gasteiger partial charge in [-0.1, -0.05) is 11.6 Å². The number of ether oxygens (including phenoxy) is 2. The minimum Gasteiger partial charge on any atom is -0.481 e. The minimum atomic E-state index is -1.27. The Bertz CT molecular complexity index is 274. The first-order valence-electron chi connectivity index (χ1n) is 5.19. The summed E-state index contributed by atoms with van der Waals surface area (Å²) in [5, 5.41) is 15.7. The van der Waals surface area contributed by atoms with E-state index in [9.17, 15) is 4.79 Å². The molecular weight excluding hydrogens is 426 g/mol. The minimum absolute atomic E-state index is 0. The summed E-state index contributed by atoms with van der Waals surface area (Å²) in [6.07, 6.45) is 0.702. The monoisotopic (exact) mass is 447 g/mol. The number of allylic oxidation sites excluding steroid dienone is 1. The molecule has 0 aliphatic heterocycles. The third-order valence-electron chi connectivity index (χ3n) is 1.44. The number of carboxylic acid groups (broad SMARTS) is 2. The molecule has 0 unspecified atom stereocenters. The molecule has 0 heterocycles. The topological polar surface area (TPSA) is 96.3 Å². The Labute approximate surface area is 127 Å². The van der Waals surface area contributed by atoms with E-state index in [1.54, 1.807) is 12.0 Å². The second kappa shape index (κ2) is 15.1. The molecule has 2 N–H and O–H groups in total. The molecule has 0 aromatic rings. The van der Waals surface area contributed by atoms with Crippen LogP contribution in [0.5, 0.6) is 0 Å². The van der Waals surface area contributed by atoms with Crippen LogP contribution < -0.4 is 0 Å². The first-order chi connectivity index (χ1) is 8.29. The fourth-order valence-electron chi connectivity index (χ4n) is 0.783. The van der Waals surface area contributed by atoms with E-state index in [2.05, 4.69) is 4.74 Å². The Morgan fingerprint density at radius 1 is 1.16 bits per heavy atom. The van der Waals surface area contributed by atoms with Crippen molar-refractivity contribution in [2.45, 2.75) is 20.8 Å². The Hall–Kier alpha value is -0.912. The quantitative estimate of drug-likeness (QED) is 0.363. The number of hydrogen-bond acceptors (Lipinski definition) is 5. The summed E-state index contributed by atoms with van der Waals surface area (Å²) in [5.74, 6) is -0.833. The van der Waals surface area contributed by atoms with E-state index in [-0.39, 0.29) is 27.8 Å². The maximum Gasteiger partial charge on any atom is 0.507 e. The van der Waals surface area contributed by atoms with E-state index in [1.165, 1.54) is 5.57 Å². The summed E-state index contributed by atoms with van der Waals surface area (Å²) < 4.78 is 9.31. The molecule has 0 spiro atoms. The van der Waals surface area contributed by atoms with Crippen LogP contribution in [0.25, 0.3) is 0 Å². The molecule has 0 radical (unpaired) electrons. The molecule has 0 saturated heterocycles. The van der Waals surface area contributed by atoms with Crippen molar-refractivity contribution in [3.05, 3.63) is 11.6 Å². The smallest absolute Gasteiger partial charge is 0.481 e. The van der Waals surface area contributed by atoms with Gasteiger partial charge in [0.25, 0.3) is 5.97 Å². The third kappa shape index (κ3) is 26.6. The standard InChI is InChI=1S/C9H17NO4.C2H4O2.W/c1-8(2)4-5-10(6-13-3)7-14-9(11)12;1-2(3)4;/h4H,5-7H2,1-3H3,(H,11,12);1H3,(H,3,4);. The van der Waals surface area contributed by atoms with Gasteiger partial charge in [0.05, 0.1) is 0 Å². The number of nitrogens with zero attached hydrogens (tertiary/aromatic N) is 1. The average molecular weight is 447 g/mol. The van der Waals surface area contributed by atoms with Crippen LogP contribution in [0.15, 0.2) is 11.6 Å². The number of aliphatic carboxylic acids is 1. The SMILES string of the molecule is CC(=O)O.COCN(CC=C(C)C)COC(=O)O.[W]. The van der Waals surface area contributed by atoms with Gasteiger partial charge in [-0.2, -0.15) is 0 Å². The Morgan fingerprint density at radius 2 is 1.63 bits per heavy atom. The molecule has 0 saturated carbocycles. The zero-order chi connectivity index (χ0) is 14.6. The molecule has 0 aromatic carbocycles. The van der Waals surface area contributed by atoms with E-state index >= 15 is 0 Å². The Balaban J connectivity index is -0.000000448. The fourth-order valence-corrected chi connectivity index (χ4v) is 0.783. The van der Waals surface area contributed by atoms with E-state index in [4.69, 9.17) is 19.7 Å². The van der Waals surface area contributed by atoms with Gasteiger partial charge >= 0.3 is 6.16 Å². The van der Waals surface area contributed by atoms with Crippen LogP contribution in [-0.4, -0.2) is 54.4 Å². The van der Waals surface area contributed by atoms with Gasteiger partial charge in [-0.25, -0.2) is 9.69 Å². The molecule has 112 valence electrons. The molecular formula is C11H21NO6W. The van der Waals surface area contributed by atoms with Gasteiger partial charge in [-0.15, -0.1) is 0 Å². The predicted molar refractivity (Wildman–Crippen MR) is 65.3 cm³/mol. The maximum atomic E-state index is 10.1. The number of carboxylic acids is 1. The fraction of sp³-hybridized carbons (Fsp3) is 0.636. The van der Waals surface area contributed by atoms with Gasteiger partial charge in [0.15, 0.2) is 6.73 Å². The van der Waals surface area contributed by atoms with Crippen LogP contribution in [-0.2, 0) is 35.3 Å². The first kappa shape index (κ1) is 23.2. The molecule has 8 heteroatoms. The van der Waals surface area contributed by atoms with Crippen LogP contribution in [0.2, 0.25) is 0 Å². The van der Waals surface area contributed by atoms with E-state index in [0.717, 1.165) is 6.92 Å². The van der Waals surface area contributed by atoms with Crippen LogP contribution in [0.3, 0.4) is 0 Å². The van der Waals surface area contributed by atoms with E-state index < -0.39 is 12.1 Å². The molecule has 0 aliphatic carbocycles. The predicted octanol–water partition coefficient (Wildman–Crippen LogP) is 1.60. The van der Waals surface area contributed by atoms with Crippen LogP contribution >= 0.6 is 0 Å². The van der Waals surface area contributed by atoms with Crippen molar-refractivity contribution in [1.29, 1.82) is 0 Å². The molecule has 0 atom stereocenters. The maximum absolute atomic E-state index is 10.1. The van der Waals surface area contributed by atoms with Crippen LogP contribution in [0.1, 0.15) is 20.8 Å². The summed E-state index contributed by atoms with van der Waals surface area (Å²) in [7, 11) is 1.55. The third-order valence-corrected chi connectivity index (χ3v) is 1.44. The second-order valence-electron chi connectivity index (χ2n) is 3.61. The van der Waals surface area contributed by atoms with Crippen molar-refractivity contribution in [1.82, 2.24) is 4.90 Å². The summed E-state index contributed by atoms with van der Waals surface area (Å²) in [6, 6.07) is 0. The molecule has 0 aromatic heterocycles. The normalized spacial score (nSPS) is 8.68. The summed E-state index contributed by atoms with van der Waals surface area (Å²) in [5.41, 5.74) is 1.17. The zero-order valence-corrected chi connectivity index (χ0v) is 14.5. The molecule has 0 aliphatic rings. The number of methoxy groups -OCH3 is 1. The Kier molecular flexibility index (Phi) is 18.5. The van der Waals surface area contributed by atoms with Gasteiger partial charge in [-0.05, 0) is 13.8 Å². The van der Waals surface area contributed by atoms with Gasteiger partial charge < -0.3 is 19.7 Å². The van der Waals surface area contributed by atoms with Crippen molar-refractivity contribution in [3.63, 3.8) is 0 Å². The molecule has 0 bridgehead atoms. The number of hydrogen-bond donors (Lipinski definition) is 2. The number of carbonyl (C=O) groups is 2. The molecule has 19 heavy (non-hydrogen) atoms. The van der Waals surface area contributed by atoms with Crippen molar-refractivity contribution in [2.24, 2.45) is 0 Å². The van der Waals surface area contributed by atoms with Gasteiger partial charge in [0, 0.05) is 41.6 Å². The van der Waals surface area contributed by atoms with Crippen molar-refractivity contribution < 1.29 is 50.3 Å². The van der Waals surface area contributed by atoms with Gasteiger partial charge in [-0.3, -0.25) is 4.79 Å². The second-order valence-corrected chi connectivity index (χ2v) is 3.61. The van der Waals surface area contributed by atoms with Gasteiger partial charge in [0.2, 0.25) is 0 Å². The summed E-state index contributed by atoms with van der Waals surface area (Å²) >= 11 is 0. The largest absolute Gasteiger partial charge is 0.507 e. The van der Waals surface area contributed by atoms with E-state index in [0.29, 0.717) is 13.3 Å². The van der Waals surface area contributed by atoms with Crippen molar-refractivity contribution in [3.8, 4) is 0 Å². The van der Waals surface area contributed by atoms with Gasteiger partial charge in [0.1, 0.15) is 6.73 Å². The van der Waals surface area contributed by atoms with E-state index in [1.807, 2.05) is 19.9 Å². The summed E-state index contributed by atoms with van der Waals surface area (Å²) in [6.45, 7) is 6.01. The molecule has 7 nitrogen and oxygen atoms in total. The summed E-state index contributed by atoms with van der Waals surface area (Å²) in [4.78, 5) is 20.9. The Morgan fingerprint density at radius 3 is 1.95 bits per heavy atom. The molecule has 0 amide bonds. The van der Waals surface area contributed by atoms with Crippen molar-refractivity contribution in [2.75, 3.05) is 27.1 Å². The molecule has 0 fully saturated rings. The number of rotatable bonds is 6. The molecule has 0 rings (SSSR count). The van der Waals surface area contributed by atoms with Crippen LogP contribution in [0.4, 0.5) is 4.79 Å². The van der Waals surface area contributed by atoms with Crippen molar-refractivity contribution >= 4 is 12.1 Å².